The third-order valence-electron chi connectivity index (χ3n) is 4.00. The van der Waals surface area contributed by atoms with Crippen LogP contribution in [0.3, 0.4) is 0 Å². The Labute approximate surface area is 123 Å². The first-order valence-electron chi connectivity index (χ1n) is 8.17. The van der Waals surface area contributed by atoms with Gasteiger partial charge >= 0.3 is 0 Å². The maximum Gasteiger partial charge on any atom is 0.0711 e. The van der Waals surface area contributed by atoms with Crippen LogP contribution in [0.1, 0.15) is 69.3 Å². The highest BCUT2D eigenvalue weighted by Crippen LogP contribution is 2.28. The third-order valence-corrected chi connectivity index (χ3v) is 4.00. The van der Waals surface area contributed by atoms with Gasteiger partial charge in [-0.15, -0.1) is 0 Å². The van der Waals surface area contributed by atoms with Crippen LogP contribution in [0.25, 0.3) is 0 Å². The molecule has 20 heavy (non-hydrogen) atoms. The van der Waals surface area contributed by atoms with Gasteiger partial charge < -0.3 is 5.32 Å². The first kappa shape index (κ1) is 15.2. The van der Waals surface area contributed by atoms with Crippen LogP contribution in [0.4, 0.5) is 0 Å². The van der Waals surface area contributed by atoms with Crippen LogP contribution in [0.2, 0.25) is 0 Å². The topological polar surface area (TPSA) is 24.9 Å². The lowest BCUT2D eigenvalue weighted by atomic mass is 9.93. The SMILES string of the molecule is CCCNC(/C1=C/CCCCCC1)c1cccc(C)n1. The number of aryl methyl sites for hydroxylation is 1. The minimum atomic E-state index is 0.313. The fourth-order valence-corrected chi connectivity index (χ4v) is 2.92. The quantitative estimate of drug-likeness (QED) is 0.785. The Kier molecular flexibility index (Phi) is 6.25. The Morgan fingerprint density at radius 1 is 1.20 bits per heavy atom. The number of rotatable bonds is 5. The van der Waals surface area contributed by atoms with Gasteiger partial charge in [-0.1, -0.05) is 37.5 Å². The van der Waals surface area contributed by atoms with Crippen molar-refractivity contribution in [3.8, 4) is 0 Å². The smallest absolute Gasteiger partial charge is 0.0711 e. The van der Waals surface area contributed by atoms with Crippen molar-refractivity contribution < 1.29 is 0 Å². The molecule has 2 nitrogen and oxygen atoms in total. The van der Waals surface area contributed by atoms with Gasteiger partial charge in [0.2, 0.25) is 0 Å². The lowest BCUT2D eigenvalue weighted by Gasteiger charge is -2.23. The van der Waals surface area contributed by atoms with Crippen molar-refractivity contribution in [2.24, 2.45) is 0 Å². The molecule has 0 saturated carbocycles. The molecule has 0 saturated heterocycles. The molecule has 1 aromatic rings. The molecule has 0 amide bonds. The molecule has 2 heteroatoms. The largest absolute Gasteiger partial charge is 0.305 e. The first-order chi connectivity index (χ1) is 9.81. The summed E-state index contributed by atoms with van der Waals surface area (Å²) in [6, 6.07) is 6.68. The number of nitrogens with one attached hydrogen (secondary N) is 1. The Balaban J connectivity index is 2.21. The summed E-state index contributed by atoms with van der Waals surface area (Å²) >= 11 is 0. The Hall–Kier alpha value is -1.15. The second kappa shape index (κ2) is 8.21. The average molecular weight is 272 g/mol. The molecule has 1 aliphatic rings. The Morgan fingerprint density at radius 2 is 2.05 bits per heavy atom. The van der Waals surface area contributed by atoms with Crippen molar-refractivity contribution in [2.75, 3.05) is 6.54 Å². The van der Waals surface area contributed by atoms with E-state index in [2.05, 4.69) is 43.4 Å². The molecule has 110 valence electrons. The molecule has 1 aromatic heterocycles. The van der Waals surface area contributed by atoms with E-state index in [4.69, 9.17) is 4.98 Å². The number of hydrogen-bond acceptors (Lipinski definition) is 2. The number of pyridine rings is 1. The Morgan fingerprint density at radius 3 is 2.85 bits per heavy atom. The predicted octanol–water partition coefficient (Wildman–Crippen LogP) is 4.71. The predicted molar refractivity (Wildman–Crippen MR) is 85.8 cm³/mol. The van der Waals surface area contributed by atoms with Crippen LogP contribution in [0.5, 0.6) is 0 Å². The zero-order valence-corrected chi connectivity index (χ0v) is 13.0. The number of allylic oxidation sites excluding steroid dienone is 1. The van der Waals surface area contributed by atoms with Crippen LogP contribution in [0.15, 0.2) is 29.8 Å². The van der Waals surface area contributed by atoms with E-state index in [0.29, 0.717) is 6.04 Å². The Bertz CT molecular complexity index is 437. The van der Waals surface area contributed by atoms with Crippen molar-refractivity contribution in [1.82, 2.24) is 10.3 Å². The molecule has 0 aromatic carbocycles. The molecule has 1 heterocycles. The molecular formula is C18H28N2. The summed E-state index contributed by atoms with van der Waals surface area (Å²) in [5, 5.41) is 3.70. The third kappa shape index (κ3) is 4.45. The van der Waals surface area contributed by atoms with E-state index in [9.17, 15) is 0 Å². The molecule has 1 unspecified atom stereocenters. The minimum absolute atomic E-state index is 0.313. The van der Waals surface area contributed by atoms with E-state index in [1.807, 2.05) is 0 Å². The summed E-state index contributed by atoms with van der Waals surface area (Å²) in [7, 11) is 0. The number of nitrogens with zero attached hydrogens (tertiary/aromatic N) is 1. The molecule has 0 bridgehead atoms. The van der Waals surface area contributed by atoms with Crippen molar-refractivity contribution >= 4 is 0 Å². The van der Waals surface area contributed by atoms with Crippen molar-refractivity contribution in [3.63, 3.8) is 0 Å². The minimum Gasteiger partial charge on any atom is -0.305 e. The van der Waals surface area contributed by atoms with Gasteiger partial charge in [-0.2, -0.15) is 0 Å². The first-order valence-corrected chi connectivity index (χ1v) is 8.17. The molecule has 1 atom stereocenters. The summed E-state index contributed by atoms with van der Waals surface area (Å²) in [5.74, 6) is 0. The highest BCUT2D eigenvalue weighted by molar-refractivity contribution is 5.24. The van der Waals surface area contributed by atoms with Crippen LogP contribution < -0.4 is 5.32 Å². The second-order valence-corrected chi connectivity index (χ2v) is 5.82. The fraction of sp³-hybridized carbons (Fsp3) is 0.611. The highest BCUT2D eigenvalue weighted by Gasteiger charge is 2.17. The molecule has 0 spiro atoms. The van der Waals surface area contributed by atoms with Gasteiger partial charge in [-0.3, -0.25) is 4.98 Å². The fourth-order valence-electron chi connectivity index (χ4n) is 2.92. The number of hydrogen-bond donors (Lipinski definition) is 1. The van der Waals surface area contributed by atoms with Crippen LogP contribution in [0, 0.1) is 6.92 Å². The van der Waals surface area contributed by atoms with E-state index in [0.717, 1.165) is 18.7 Å². The van der Waals surface area contributed by atoms with E-state index < -0.39 is 0 Å². The van der Waals surface area contributed by atoms with E-state index in [-0.39, 0.29) is 0 Å². The number of aromatic nitrogens is 1. The zero-order chi connectivity index (χ0) is 14.2. The standard InChI is InChI=1S/C18H28N2/c1-3-14-19-18(17-13-9-10-15(2)20-17)16-11-7-5-4-6-8-12-16/h9-11,13,18-19H,3-8,12,14H2,1-2H3/b16-11+. The lowest BCUT2D eigenvalue weighted by molar-refractivity contribution is 0.532. The van der Waals surface area contributed by atoms with Crippen LogP contribution >= 0.6 is 0 Å². The van der Waals surface area contributed by atoms with Gasteiger partial charge in [0, 0.05) is 5.69 Å². The highest BCUT2D eigenvalue weighted by atomic mass is 14.9. The lowest BCUT2D eigenvalue weighted by Crippen LogP contribution is -2.25. The van der Waals surface area contributed by atoms with E-state index in [1.165, 1.54) is 44.2 Å². The molecular weight excluding hydrogens is 244 g/mol. The van der Waals surface area contributed by atoms with Gasteiger partial charge in [0.15, 0.2) is 0 Å². The zero-order valence-electron chi connectivity index (χ0n) is 13.0. The van der Waals surface area contributed by atoms with Gasteiger partial charge in [0.05, 0.1) is 11.7 Å². The average Bonchev–Trinajstić information content (AvgIpc) is 2.41. The van der Waals surface area contributed by atoms with Gasteiger partial charge in [-0.05, 0) is 57.7 Å². The summed E-state index contributed by atoms with van der Waals surface area (Å²) in [6.07, 6.45) is 11.5. The molecule has 2 rings (SSSR count). The van der Waals surface area contributed by atoms with Crippen LogP contribution in [-0.4, -0.2) is 11.5 Å². The molecule has 0 aliphatic heterocycles. The molecule has 1 aliphatic carbocycles. The van der Waals surface area contributed by atoms with Crippen LogP contribution in [-0.2, 0) is 0 Å². The maximum atomic E-state index is 4.75. The monoisotopic (exact) mass is 272 g/mol. The van der Waals surface area contributed by atoms with Crippen molar-refractivity contribution in [3.05, 3.63) is 41.2 Å². The molecule has 0 fully saturated rings. The molecule has 1 N–H and O–H groups in total. The van der Waals surface area contributed by atoms with Gasteiger partial charge in [0.1, 0.15) is 0 Å². The summed E-state index contributed by atoms with van der Waals surface area (Å²) in [6.45, 7) is 5.35. The van der Waals surface area contributed by atoms with Crippen molar-refractivity contribution in [1.29, 1.82) is 0 Å². The summed E-state index contributed by atoms with van der Waals surface area (Å²) < 4.78 is 0. The van der Waals surface area contributed by atoms with E-state index >= 15 is 0 Å². The summed E-state index contributed by atoms with van der Waals surface area (Å²) in [5.41, 5.74) is 3.85. The van der Waals surface area contributed by atoms with E-state index in [1.54, 1.807) is 5.57 Å². The normalized spacial score (nSPS) is 20.6. The maximum absolute atomic E-state index is 4.75. The summed E-state index contributed by atoms with van der Waals surface area (Å²) in [4.78, 5) is 4.75. The van der Waals surface area contributed by atoms with Gasteiger partial charge in [-0.25, -0.2) is 0 Å². The second-order valence-electron chi connectivity index (χ2n) is 5.82. The van der Waals surface area contributed by atoms with Crippen molar-refractivity contribution in [2.45, 2.75) is 64.8 Å². The van der Waals surface area contributed by atoms with Gasteiger partial charge in [0.25, 0.3) is 0 Å². The molecule has 0 radical (unpaired) electrons.